The van der Waals surface area contributed by atoms with Gasteiger partial charge in [0.05, 0.1) is 0 Å². The molecule has 46 valence electrons. The molecule has 0 aliphatic rings. The molecule has 8 heavy (non-hydrogen) atoms. The third-order valence-corrected chi connectivity index (χ3v) is 0.197. The highest BCUT2D eigenvalue weighted by Gasteiger charge is 1.83. The molecule has 2 N–H and O–H groups in total. The van der Waals surface area contributed by atoms with Crippen molar-refractivity contribution in [1.29, 1.82) is 0 Å². The Morgan fingerprint density at radius 1 is 1.75 bits per heavy atom. The molecular weight excluding hydrogens is 135 g/mol. The molecule has 0 saturated carbocycles. The highest BCUT2D eigenvalue weighted by Crippen LogP contribution is 1.54. The van der Waals surface area contributed by atoms with E-state index in [0.717, 1.165) is 6.08 Å². The number of carboxylic acid groups (broad SMARTS) is 1. The minimum atomic E-state index is -1.37. The standard InChI is InChI=1S/C2H2N2O3.ClH/c5-1-3-4-2(6)7;/h4H,(H,6,7);1H. The lowest BCUT2D eigenvalue weighted by atomic mass is 11.3. The van der Waals surface area contributed by atoms with Crippen molar-refractivity contribution in [3.63, 3.8) is 0 Å². The van der Waals surface area contributed by atoms with Gasteiger partial charge in [0.25, 0.3) is 6.08 Å². The van der Waals surface area contributed by atoms with Crippen LogP contribution in [0.5, 0.6) is 0 Å². The zero-order chi connectivity index (χ0) is 5.70. The van der Waals surface area contributed by atoms with E-state index in [1.54, 1.807) is 0 Å². The van der Waals surface area contributed by atoms with E-state index in [-0.39, 0.29) is 12.4 Å². The normalized spacial score (nSPS) is 5.50. The van der Waals surface area contributed by atoms with Gasteiger partial charge in [-0.1, -0.05) is 5.10 Å². The number of rotatable bonds is 1. The lowest BCUT2D eigenvalue weighted by Crippen LogP contribution is -2.12. The van der Waals surface area contributed by atoms with Crippen molar-refractivity contribution in [3.8, 4) is 0 Å². The highest BCUT2D eigenvalue weighted by molar-refractivity contribution is 5.85. The monoisotopic (exact) mass is 138 g/mol. The van der Waals surface area contributed by atoms with Crippen LogP contribution in [0.25, 0.3) is 0 Å². The van der Waals surface area contributed by atoms with E-state index in [1.807, 2.05) is 0 Å². The first-order valence-corrected chi connectivity index (χ1v) is 1.33. The number of hydrazone groups is 1. The van der Waals surface area contributed by atoms with E-state index < -0.39 is 6.09 Å². The molecule has 0 atom stereocenters. The second-order valence-corrected chi connectivity index (χ2v) is 0.620. The molecule has 0 aromatic carbocycles. The smallest absolute Gasteiger partial charge is 0.425 e. The number of carbonyl (C=O) groups excluding carboxylic acids is 1. The summed E-state index contributed by atoms with van der Waals surface area (Å²) in [6, 6.07) is 0. The van der Waals surface area contributed by atoms with Crippen molar-refractivity contribution in [3.05, 3.63) is 0 Å². The van der Waals surface area contributed by atoms with Gasteiger partial charge in [-0.05, 0) is 0 Å². The summed E-state index contributed by atoms with van der Waals surface area (Å²) in [6.07, 6.45) is -0.390. The van der Waals surface area contributed by atoms with E-state index in [0.29, 0.717) is 0 Å². The van der Waals surface area contributed by atoms with Crippen molar-refractivity contribution >= 4 is 24.6 Å². The lowest BCUT2D eigenvalue weighted by molar-refractivity contribution is 0.195. The van der Waals surface area contributed by atoms with Crippen molar-refractivity contribution in [2.75, 3.05) is 0 Å². The van der Waals surface area contributed by atoms with Gasteiger partial charge in [-0.25, -0.2) is 15.0 Å². The van der Waals surface area contributed by atoms with E-state index in [9.17, 15) is 4.79 Å². The molecule has 0 heterocycles. The summed E-state index contributed by atoms with van der Waals surface area (Å²) in [4.78, 5) is 18.5. The topological polar surface area (TPSA) is 78.8 Å². The van der Waals surface area contributed by atoms with E-state index >= 15 is 0 Å². The van der Waals surface area contributed by atoms with Crippen LogP contribution in [-0.2, 0) is 4.79 Å². The predicted octanol–water partition coefficient (Wildman–Crippen LogP) is -0.0734. The number of amides is 1. The Labute approximate surface area is 50.8 Å². The molecule has 0 radical (unpaired) electrons. The zero-order valence-corrected chi connectivity index (χ0v) is 4.44. The lowest BCUT2D eigenvalue weighted by Gasteiger charge is -1.79. The van der Waals surface area contributed by atoms with Crippen LogP contribution in [0.1, 0.15) is 0 Å². The van der Waals surface area contributed by atoms with Crippen molar-refractivity contribution < 1.29 is 14.7 Å². The Kier molecular flexibility index (Phi) is 7.45. The number of hydrogen-bond donors (Lipinski definition) is 2. The van der Waals surface area contributed by atoms with E-state index in [1.165, 1.54) is 5.43 Å². The Hall–Kier alpha value is -1.06. The molecule has 0 rings (SSSR count). The van der Waals surface area contributed by atoms with Gasteiger partial charge >= 0.3 is 6.09 Å². The first-order valence-electron chi connectivity index (χ1n) is 1.33. The van der Waals surface area contributed by atoms with Crippen molar-refractivity contribution in [2.24, 2.45) is 5.10 Å². The number of carbonyl (C=O) groups is 1. The second kappa shape index (κ2) is 5.94. The summed E-state index contributed by atoms with van der Waals surface area (Å²) in [5.74, 6) is 0. The second-order valence-electron chi connectivity index (χ2n) is 0.620. The molecule has 0 aromatic rings. The summed E-state index contributed by atoms with van der Waals surface area (Å²) in [7, 11) is 0. The van der Waals surface area contributed by atoms with Crippen LogP contribution in [0.2, 0.25) is 0 Å². The fraction of sp³-hybridized carbons (Fsp3) is 0. The van der Waals surface area contributed by atoms with Crippen LogP contribution in [-0.4, -0.2) is 17.3 Å². The molecular formula is C2H3ClN2O3. The third kappa shape index (κ3) is 8.87. The molecule has 0 fully saturated rings. The first kappa shape index (κ1) is 10.0. The number of nitrogens with zero attached hydrogens (tertiary/aromatic N) is 1. The minimum absolute atomic E-state index is 0. The van der Waals surface area contributed by atoms with Gasteiger partial charge < -0.3 is 5.11 Å². The Morgan fingerprint density at radius 2 is 2.25 bits per heavy atom. The van der Waals surface area contributed by atoms with Crippen LogP contribution in [0.3, 0.4) is 0 Å². The maximum Gasteiger partial charge on any atom is 0.425 e. The number of isocyanates is 1. The molecule has 0 aliphatic carbocycles. The molecule has 0 bridgehead atoms. The largest absolute Gasteiger partial charge is 0.464 e. The molecule has 0 aliphatic heterocycles. The molecule has 0 unspecified atom stereocenters. The van der Waals surface area contributed by atoms with Crippen LogP contribution >= 0.6 is 12.4 Å². The molecule has 0 spiro atoms. The summed E-state index contributed by atoms with van der Waals surface area (Å²) in [5, 5.41) is 10.2. The van der Waals surface area contributed by atoms with Crippen LogP contribution in [0.4, 0.5) is 4.79 Å². The fourth-order valence-electron chi connectivity index (χ4n) is 0.0706. The van der Waals surface area contributed by atoms with Gasteiger partial charge in [-0.3, -0.25) is 0 Å². The van der Waals surface area contributed by atoms with Crippen molar-refractivity contribution in [2.45, 2.75) is 0 Å². The molecule has 1 amide bonds. The van der Waals surface area contributed by atoms with Gasteiger partial charge in [0.2, 0.25) is 0 Å². The average Bonchev–Trinajstić information content (AvgIpc) is 1.61. The number of halogens is 1. The van der Waals surface area contributed by atoms with Crippen LogP contribution in [0.15, 0.2) is 5.10 Å². The molecule has 6 heteroatoms. The fourth-order valence-corrected chi connectivity index (χ4v) is 0.0706. The maximum atomic E-state index is 9.37. The number of nitrogens with one attached hydrogen (secondary N) is 1. The summed E-state index contributed by atoms with van der Waals surface area (Å²) >= 11 is 0. The average molecular weight is 139 g/mol. The van der Waals surface area contributed by atoms with Gasteiger partial charge in [0.1, 0.15) is 0 Å². The van der Waals surface area contributed by atoms with Gasteiger partial charge in [0.15, 0.2) is 0 Å². The summed E-state index contributed by atoms with van der Waals surface area (Å²) < 4.78 is 0. The first-order chi connectivity index (χ1) is 3.27. The van der Waals surface area contributed by atoms with Gasteiger partial charge in [0, 0.05) is 0 Å². The van der Waals surface area contributed by atoms with Crippen LogP contribution < -0.4 is 5.43 Å². The summed E-state index contributed by atoms with van der Waals surface area (Å²) in [5.41, 5.74) is 1.41. The summed E-state index contributed by atoms with van der Waals surface area (Å²) in [6.45, 7) is 0. The van der Waals surface area contributed by atoms with Gasteiger partial charge in [-0.2, -0.15) is 0 Å². The third-order valence-electron chi connectivity index (χ3n) is 0.197. The molecule has 0 aromatic heterocycles. The Bertz CT molecular complexity index is 118. The predicted molar refractivity (Wildman–Crippen MR) is 26.5 cm³/mol. The SMILES string of the molecule is Cl.O=C=NNC(=O)O. The highest BCUT2D eigenvalue weighted by atomic mass is 35.5. The van der Waals surface area contributed by atoms with Crippen molar-refractivity contribution in [1.82, 2.24) is 5.43 Å². The van der Waals surface area contributed by atoms with Crippen LogP contribution in [0, 0.1) is 0 Å². The van der Waals surface area contributed by atoms with Gasteiger partial charge in [-0.15, -0.1) is 12.4 Å². The quantitative estimate of drug-likeness (QED) is 0.302. The Morgan fingerprint density at radius 3 is 2.38 bits per heavy atom. The molecule has 5 nitrogen and oxygen atoms in total. The minimum Gasteiger partial charge on any atom is -0.464 e. The Balaban J connectivity index is 0. The maximum absolute atomic E-state index is 9.37. The number of hydrogen-bond acceptors (Lipinski definition) is 3. The molecule has 0 saturated heterocycles. The van der Waals surface area contributed by atoms with E-state index in [4.69, 9.17) is 9.90 Å². The zero-order valence-electron chi connectivity index (χ0n) is 3.62. The van der Waals surface area contributed by atoms with E-state index in [2.05, 4.69) is 5.10 Å².